The lowest BCUT2D eigenvalue weighted by atomic mass is 10.3. The molecule has 72 valence electrons. The van der Waals surface area contributed by atoms with Gasteiger partial charge >= 0.3 is 0 Å². The van der Waals surface area contributed by atoms with Crippen LogP contribution in [0, 0.1) is 0 Å². The Morgan fingerprint density at radius 3 is 3.00 bits per heavy atom. The molecule has 1 fully saturated rings. The van der Waals surface area contributed by atoms with Crippen molar-refractivity contribution in [2.24, 2.45) is 0 Å². The predicted octanol–water partition coefficient (Wildman–Crippen LogP) is 2.66. The summed E-state index contributed by atoms with van der Waals surface area (Å²) < 4.78 is 0. The number of hydrogen-bond acceptors (Lipinski definition) is 2. The number of unbranched alkanes of at least 4 members (excludes halogenated alkanes) is 2. The van der Waals surface area contributed by atoms with E-state index in [0.29, 0.717) is 0 Å². The lowest BCUT2D eigenvalue weighted by Gasteiger charge is -2.08. The van der Waals surface area contributed by atoms with Crippen LogP contribution in [0.25, 0.3) is 0 Å². The van der Waals surface area contributed by atoms with Gasteiger partial charge in [-0.2, -0.15) is 11.8 Å². The van der Waals surface area contributed by atoms with Gasteiger partial charge in [0.2, 0.25) is 0 Å². The van der Waals surface area contributed by atoms with Crippen LogP contribution < -0.4 is 5.32 Å². The third-order valence-electron chi connectivity index (χ3n) is 2.37. The van der Waals surface area contributed by atoms with E-state index in [1.54, 1.807) is 0 Å². The summed E-state index contributed by atoms with van der Waals surface area (Å²) in [5.74, 6) is 2.70. The fraction of sp³-hybridized carbons (Fsp3) is 1.00. The molecule has 0 aromatic carbocycles. The number of nitrogens with one attached hydrogen (secondary N) is 1. The van der Waals surface area contributed by atoms with E-state index in [1.165, 1.54) is 50.2 Å². The zero-order valence-electron chi connectivity index (χ0n) is 8.14. The molecule has 12 heavy (non-hydrogen) atoms. The number of rotatable bonds is 6. The SMILES string of the molecule is CCCCCSC[C@H]1CCCN1. The Morgan fingerprint density at radius 2 is 2.33 bits per heavy atom. The fourth-order valence-electron chi connectivity index (χ4n) is 1.58. The van der Waals surface area contributed by atoms with Crippen LogP contribution in [-0.2, 0) is 0 Å². The normalized spacial score (nSPS) is 23.2. The molecule has 1 atom stereocenters. The molecule has 1 rings (SSSR count). The van der Waals surface area contributed by atoms with Gasteiger partial charge in [0, 0.05) is 11.8 Å². The molecule has 0 aliphatic carbocycles. The summed E-state index contributed by atoms with van der Waals surface area (Å²) in [6.45, 7) is 3.52. The molecule has 0 spiro atoms. The Kier molecular flexibility index (Phi) is 5.88. The van der Waals surface area contributed by atoms with Gasteiger partial charge in [0.1, 0.15) is 0 Å². The van der Waals surface area contributed by atoms with Crippen molar-refractivity contribution in [1.29, 1.82) is 0 Å². The first-order valence-electron chi connectivity index (χ1n) is 5.24. The molecular formula is C10H21NS. The van der Waals surface area contributed by atoms with Gasteiger partial charge < -0.3 is 5.32 Å². The van der Waals surface area contributed by atoms with Crippen molar-refractivity contribution in [1.82, 2.24) is 5.32 Å². The van der Waals surface area contributed by atoms with E-state index in [2.05, 4.69) is 24.0 Å². The minimum atomic E-state index is 0.830. The second-order valence-corrected chi connectivity index (χ2v) is 4.73. The van der Waals surface area contributed by atoms with Crippen LogP contribution in [0.1, 0.15) is 39.0 Å². The Morgan fingerprint density at radius 1 is 1.42 bits per heavy atom. The molecule has 0 amide bonds. The second kappa shape index (κ2) is 6.79. The second-order valence-electron chi connectivity index (χ2n) is 3.58. The molecule has 1 N–H and O–H groups in total. The first-order valence-corrected chi connectivity index (χ1v) is 6.40. The summed E-state index contributed by atoms with van der Waals surface area (Å²) in [4.78, 5) is 0. The fourth-order valence-corrected chi connectivity index (χ4v) is 2.72. The zero-order chi connectivity index (χ0) is 8.65. The summed E-state index contributed by atoms with van der Waals surface area (Å²) in [7, 11) is 0. The predicted molar refractivity (Wildman–Crippen MR) is 57.9 cm³/mol. The summed E-state index contributed by atoms with van der Waals surface area (Å²) in [6, 6.07) is 0.830. The molecular weight excluding hydrogens is 166 g/mol. The molecule has 0 aromatic rings. The van der Waals surface area contributed by atoms with E-state index in [0.717, 1.165) is 6.04 Å². The molecule has 0 unspecified atom stereocenters. The highest BCUT2D eigenvalue weighted by atomic mass is 32.2. The highest BCUT2D eigenvalue weighted by Gasteiger charge is 2.12. The molecule has 0 saturated carbocycles. The molecule has 0 bridgehead atoms. The molecule has 0 radical (unpaired) electrons. The van der Waals surface area contributed by atoms with Gasteiger partial charge in [-0.1, -0.05) is 19.8 Å². The Hall–Kier alpha value is 0.310. The van der Waals surface area contributed by atoms with Crippen molar-refractivity contribution in [2.45, 2.75) is 45.1 Å². The van der Waals surface area contributed by atoms with Crippen LogP contribution in [-0.4, -0.2) is 24.1 Å². The first kappa shape index (κ1) is 10.4. The van der Waals surface area contributed by atoms with Gasteiger partial charge in [-0.25, -0.2) is 0 Å². The van der Waals surface area contributed by atoms with Crippen LogP contribution in [0.2, 0.25) is 0 Å². The molecule has 0 aromatic heterocycles. The van der Waals surface area contributed by atoms with Crippen LogP contribution >= 0.6 is 11.8 Å². The molecule has 1 heterocycles. The van der Waals surface area contributed by atoms with E-state index in [-0.39, 0.29) is 0 Å². The summed E-state index contributed by atoms with van der Waals surface area (Å²) >= 11 is 2.13. The van der Waals surface area contributed by atoms with Crippen LogP contribution in [0.4, 0.5) is 0 Å². The van der Waals surface area contributed by atoms with Crippen molar-refractivity contribution in [2.75, 3.05) is 18.1 Å². The summed E-state index contributed by atoms with van der Waals surface area (Å²) in [6.07, 6.45) is 6.96. The van der Waals surface area contributed by atoms with Gasteiger partial charge in [0.25, 0.3) is 0 Å². The maximum atomic E-state index is 3.53. The van der Waals surface area contributed by atoms with Gasteiger partial charge in [0.15, 0.2) is 0 Å². The number of thioether (sulfide) groups is 1. The average molecular weight is 187 g/mol. The Bertz CT molecular complexity index is 100. The van der Waals surface area contributed by atoms with Gasteiger partial charge in [-0.05, 0) is 31.6 Å². The lowest BCUT2D eigenvalue weighted by molar-refractivity contribution is 0.673. The molecule has 1 nitrogen and oxygen atoms in total. The zero-order valence-corrected chi connectivity index (χ0v) is 8.96. The molecule has 1 aliphatic heterocycles. The van der Waals surface area contributed by atoms with Gasteiger partial charge in [0.05, 0.1) is 0 Å². The third-order valence-corrected chi connectivity index (χ3v) is 3.59. The Labute approximate surface area is 80.7 Å². The molecule has 2 heteroatoms. The van der Waals surface area contributed by atoms with E-state index in [1.807, 2.05) is 0 Å². The third kappa shape index (κ3) is 4.36. The monoisotopic (exact) mass is 187 g/mol. The van der Waals surface area contributed by atoms with Crippen LogP contribution in [0.3, 0.4) is 0 Å². The van der Waals surface area contributed by atoms with Crippen molar-refractivity contribution in [3.63, 3.8) is 0 Å². The minimum absolute atomic E-state index is 0.830. The number of hydrogen-bond donors (Lipinski definition) is 1. The van der Waals surface area contributed by atoms with Gasteiger partial charge in [-0.15, -0.1) is 0 Å². The first-order chi connectivity index (χ1) is 5.93. The standard InChI is InChI=1S/C10H21NS/c1-2-3-4-8-12-9-10-6-5-7-11-10/h10-11H,2-9H2,1H3/t10-/m1/s1. The molecule has 1 aliphatic rings. The quantitative estimate of drug-likeness (QED) is 0.642. The highest BCUT2D eigenvalue weighted by molar-refractivity contribution is 7.99. The topological polar surface area (TPSA) is 12.0 Å². The van der Waals surface area contributed by atoms with E-state index >= 15 is 0 Å². The lowest BCUT2D eigenvalue weighted by Crippen LogP contribution is -2.23. The Balaban J connectivity index is 1.81. The van der Waals surface area contributed by atoms with E-state index < -0.39 is 0 Å². The summed E-state index contributed by atoms with van der Waals surface area (Å²) in [5.41, 5.74) is 0. The smallest absolute Gasteiger partial charge is 0.0158 e. The van der Waals surface area contributed by atoms with E-state index in [4.69, 9.17) is 0 Å². The van der Waals surface area contributed by atoms with Crippen molar-refractivity contribution < 1.29 is 0 Å². The van der Waals surface area contributed by atoms with E-state index in [9.17, 15) is 0 Å². The summed E-state index contributed by atoms with van der Waals surface area (Å²) in [5, 5.41) is 3.53. The van der Waals surface area contributed by atoms with Crippen molar-refractivity contribution in [3.8, 4) is 0 Å². The van der Waals surface area contributed by atoms with Crippen LogP contribution in [0.15, 0.2) is 0 Å². The van der Waals surface area contributed by atoms with Crippen LogP contribution in [0.5, 0.6) is 0 Å². The molecule has 1 saturated heterocycles. The maximum absolute atomic E-state index is 3.53. The largest absolute Gasteiger partial charge is 0.313 e. The average Bonchev–Trinajstić information content (AvgIpc) is 2.57. The van der Waals surface area contributed by atoms with Crippen molar-refractivity contribution in [3.05, 3.63) is 0 Å². The van der Waals surface area contributed by atoms with Crippen molar-refractivity contribution >= 4 is 11.8 Å². The highest BCUT2D eigenvalue weighted by Crippen LogP contribution is 2.13. The maximum Gasteiger partial charge on any atom is 0.0158 e. The van der Waals surface area contributed by atoms with Gasteiger partial charge in [-0.3, -0.25) is 0 Å². The minimum Gasteiger partial charge on any atom is -0.313 e.